The van der Waals surface area contributed by atoms with Crippen molar-refractivity contribution in [3.8, 4) is 0 Å². The summed E-state index contributed by atoms with van der Waals surface area (Å²) in [4.78, 5) is 34.5. The minimum absolute atomic E-state index is 0.0451. The Morgan fingerprint density at radius 2 is 1.93 bits per heavy atom. The van der Waals surface area contributed by atoms with E-state index in [1.54, 1.807) is 17.7 Å². The topological polar surface area (TPSA) is 72.5 Å². The number of rotatable bonds is 2. The van der Waals surface area contributed by atoms with Gasteiger partial charge in [0.1, 0.15) is 17.7 Å². The van der Waals surface area contributed by atoms with Crippen LogP contribution in [0.25, 0.3) is 15.9 Å². The zero-order valence-corrected chi connectivity index (χ0v) is 17.3. The number of aromatic nitrogens is 4. The Labute approximate surface area is 176 Å². The van der Waals surface area contributed by atoms with Gasteiger partial charge in [-0.15, -0.1) is 16.4 Å². The maximum atomic E-state index is 13.0. The van der Waals surface area contributed by atoms with Gasteiger partial charge in [0, 0.05) is 18.0 Å². The van der Waals surface area contributed by atoms with E-state index in [2.05, 4.69) is 22.2 Å². The highest BCUT2D eigenvalue weighted by atomic mass is 32.1. The monoisotopic (exact) mass is 419 g/mol. The van der Waals surface area contributed by atoms with Crippen molar-refractivity contribution in [3.05, 3.63) is 62.6 Å². The molecule has 1 aromatic carbocycles. The summed E-state index contributed by atoms with van der Waals surface area (Å²) in [7, 11) is 0. The maximum absolute atomic E-state index is 13.0. The largest absolute Gasteiger partial charge is 0.352 e. The summed E-state index contributed by atoms with van der Waals surface area (Å²) in [5.74, 6) is -0.0773. The van der Waals surface area contributed by atoms with Crippen LogP contribution in [0.5, 0.6) is 0 Å². The third-order valence-corrected chi connectivity index (χ3v) is 7.51. The van der Waals surface area contributed by atoms with E-state index < -0.39 is 0 Å². The molecule has 2 aliphatic rings. The minimum atomic E-state index is -0.305. The van der Waals surface area contributed by atoms with Crippen LogP contribution in [0.15, 0.2) is 35.4 Å². The predicted molar refractivity (Wildman–Crippen MR) is 115 cm³/mol. The molecule has 1 amide bonds. The minimum Gasteiger partial charge on any atom is -0.336 e. The van der Waals surface area contributed by atoms with Crippen molar-refractivity contribution in [2.75, 3.05) is 6.54 Å². The highest BCUT2D eigenvalue weighted by molar-refractivity contribution is 7.19. The molecule has 0 unspecified atom stereocenters. The van der Waals surface area contributed by atoms with Crippen LogP contribution in [-0.2, 0) is 37.1 Å². The van der Waals surface area contributed by atoms with Crippen LogP contribution in [0.1, 0.15) is 34.4 Å². The second-order valence-electron chi connectivity index (χ2n) is 8.10. The van der Waals surface area contributed by atoms with E-state index in [-0.39, 0.29) is 18.1 Å². The second kappa shape index (κ2) is 6.77. The van der Waals surface area contributed by atoms with Crippen LogP contribution in [-0.4, -0.2) is 36.5 Å². The second-order valence-corrected chi connectivity index (χ2v) is 9.19. The molecule has 0 N–H and O–H groups in total. The Morgan fingerprint density at radius 3 is 2.83 bits per heavy atom. The highest BCUT2D eigenvalue weighted by Gasteiger charge is 2.24. The van der Waals surface area contributed by atoms with Gasteiger partial charge in [0.05, 0.1) is 5.39 Å². The molecule has 0 fully saturated rings. The average molecular weight is 420 g/mol. The summed E-state index contributed by atoms with van der Waals surface area (Å²) in [6.07, 6.45) is 6.82. The lowest BCUT2D eigenvalue weighted by molar-refractivity contribution is -0.133. The van der Waals surface area contributed by atoms with Gasteiger partial charge in [0.25, 0.3) is 0 Å². The third kappa shape index (κ3) is 2.70. The summed E-state index contributed by atoms with van der Waals surface area (Å²) < 4.78 is 2.79. The predicted octanol–water partition coefficient (Wildman–Crippen LogP) is 2.57. The first-order chi connectivity index (χ1) is 14.7. The first-order valence-electron chi connectivity index (χ1n) is 10.4. The first kappa shape index (κ1) is 17.8. The Hall–Kier alpha value is -3.00. The Balaban J connectivity index is 1.35. The lowest BCUT2D eigenvalue weighted by Crippen LogP contribution is -2.39. The van der Waals surface area contributed by atoms with E-state index >= 15 is 0 Å². The molecule has 1 aliphatic heterocycles. The molecule has 4 aromatic rings. The number of thiophene rings is 1. The summed E-state index contributed by atoms with van der Waals surface area (Å²) in [5.41, 5.74) is 4.08. The number of benzene rings is 1. The lowest BCUT2D eigenvalue weighted by Gasteiger charge is -2.28. The number of carbonyl (C=O) groups is 1. The van der Waals surface area contributed by atoms with Crippen molar-refractivity contribution >= 4 is 33.1 Å². The first-order valence-corrected chi connectivity index (χ1v) is 11.2. The number of hydrogen-bond donors (Lipinski definition) is 0. The lowest BCUT2D eigenvalue weighted by atomic mass is 9.97. The zero-order chi connectivity index (χ0) is 20.2. The van der Waals surface area contributed by atoms with Crippen LogP contribution in [0.3, 0.4) is 0 Å². The average Bonchev–Trinajstić information content (AvgIpc) is 3.31. The fourth-order valence-corrected chi connectivity index (χ4v) is 5.94. The quantitative estimate of drug-likeness (QED) is 0.501. The van der Waals surface area contributed by atoms with Crippen molar-refractivity contribution < 1.29 is 4.79 Å². The van der Waals surface area contributed by atoms with Gasteiger partial charge >= 0.3 is 5.69 Å². The molecule has 8 heteroatoms. The Bertz CT molecular complexity index is 1370. The van der Waals surface area contributed by atoms with Crippen LogP contribution in [0.2, 0.25) is 0 Å². The SMILES string of the molecule is O=C(Cn1nc2c3c4c(sc3ncn2c1=O)CCCC4)N1CCc2ccccc2C1. The van der Waals surface area contributed by atoms with Crippen LogP contribution in [0.4, 0.5) is 0 Å². The van der Waals surface area contributed by atoms with E-state index in [0.29, 0.717) is 18.7 Å². The van der Waals surface area contributed by atoms with Gasteiger partial charge in [-0.3, -0.25) is 4.79 Å². The number of carbonyl (C=O) groups excluding carboxylic acids is 1. The molecule has 0 spiro atoms. The summed E-state index contributed by atoms with van der Waals surface area (Å²) in [6, 6.07) is 8.21. The molecule has 0 radical (unpaired) electrons. The smallest absolute Gasteiger partial charge is 0.336 e. The third-order valence-electron chi connectivity index (χ3n) is 6.31. The molecule has 152 valence electrons. The molecule has 6 rings (SSSR count). The number of hydrogen-bond acceptors (Lipinski definition) is 5. The van der Waals surface area contributed by atoms with Crippen molar-refractivity contribution in [3.63, 3.8) is 0 Å². The van der Waals surface area contributed by atoms with Crippen molar-refractivity contribution in [2.45, 2.75) is 45.2 Å². The van der Waals surface area contributed by atoms with Crippen molar-refractivity contribution in [1.82, 2.24) is 24.1 Å². The summed E-state index contributed by atoms with van der Waals surface area (Å²) >= 11 is 1.71. The van der Waals surface area contributed by atoms with E-state index in [1.165, 1.54) is 37.1 Å². The van der Waals surface area contributed by atoms with Gasteiger partial charge in [-0.05, 0) is 48.8 Å². The summed E-state index contributed by atoms with van der Waals surface area (Å²) in [6.45, 7) is 1.21. The van der Waals surface area contributed by atoms with E-state index in [0.717, 1.165) is 35.9 Å². The van der Waals surface area contributed by atoms with Crippen LogP contribution >= 0.6 is 11.3 Å². The Morgan fingerprint density at radius 1 is 1.10 bits per heavy atom. The van der Waals surface area contributed by atoms with Crippen molar-refractivity contribution in [1.29, 1.82) is 0 Å². The fourth-order valence-electron chi connectivity index (χ4n) is 4.72. The number of fused-ring (bicyclic) bond motifs is 6. The molecule has 7 nitrogen and oxygen atoms in total. The molecule has 0 saturated heterocycles. The molecule has 4 heterocycles. The van der Waals surface area contributed by atoms with Crippen molar-refractivity contribution in [2.24, 2.45) is 0 Å². The molecule has 0 saturated carbocycles. The molecule has 0 atom stereocenters. The van der Waals surface area contributed by atoms with Gasteiger partial charge in [-0.2, -0.15) is 0 Å². The van der Waals surface area contributed by atoms with Gasteiger partial charge in [-0.1, -0.05) is 24.3 Å². The van der Waals surface area contributed by atoms with Crippen LogP contribution in [0, 0.1) is 0 Å². The maximum Gasteiger partial charge on any atom is 0.352 e. The molecular formula is C22H21N5O2S. The Kier molecular flexibility index (Phi) is 4.02. The van der Waals surface area contributed by atoms with E-state index in [4.69, 9.17) is 0 Å². The van der Waals surface area contributed by atoms with Crippen LogP contribution < -0.4 is 5.69 Å². The molecule has 0 bridgehead atoms. The molecule has 30 heavy (non-hydrogen) atoms. The normalized spacial score (nSPS) is 16.1. The number of amides is 1. The van der Waals surface area contributed by atoms with Gasteiger partial charge < -0.3 is 4.90 Å². The van der Waals surface area contributed by atoms with Gasteiger partial charge in [-0.25, -0.2) is 18.9 Å². The summed E-state index contributed by atoms with van der Waals surface area (Å²) in [5, 5.41) is 5.58. The van der Waals surface area contributed by atoms with E-state index in [9.17, 15) is 9.59 Å². The van der Waals surface area contributed by atoms with Gasteiger partial charge in [0.15, 0.2) is 5.65 Å². The fraction of sp³-hybridized carbons (Fsp3) is 0.364. The number of nitrogens with zero attached hydrogens (tertiary/aromatic N) is 5. The van der Waals surface area contributed by atoms with Gasteiger partial charge in [0.2, 0.25) is 5.91 Å². The zero-order valence-electron chi connectivity index (χ0n) is 16.5. The number of aryl methyl sites for hydroxylation is 2. The molecule has 1 aliphatic carbocycles. The molecule has 3 aromatic heterocycles. The molecular weight excluding hydrogens is 398 g/mol. The standard InChI is InChI=1S/C22H21N5O2S/c28-18(25-10-9-14-5-1-2-6-15(14)11-25)12-27-22(29)26-13-23-21-19(20(26)24-27)16-7-3-4-8-17(16)30-21/h1-2,5-6,13H,3-4,7-12H2. The van der Waals surface area contributed by atoms with E-state index in [1.807, 2.05) is 17.0 Å². The highest BCUT2D eigenvalue weighted by Crippen LogP contribution is 2.36.